The van der Waals surface area contributed by atoms with Crippen LogP contribution in [0, 0.1) is 12.3 Å². The monoisotopic (exact) mass is 287 g/mol. The number of ether oxygens (including phenoxy) is 1. The molecule has 1 amide bonds. The highest BCUT2D eigenvalue weighted by atomic mass is 16.5. The number of hydrogen-bond donors (Lipinski definition) is 0. The zero-order valence-corrected chi connectivity index (χ0v) is 13.1. The van der Waals surface area contributed by atoms with Crippen LogP contribution in [-0.2, 0) is 4.74 Å². The summed E-state index contributed by atoms with van der Waals surface area (Å²) >= 11 is 0. The van der Waals surface area contributed by atoms with Gasteiger partial charge >= 0.3 is 0 Å². The van der Waals surface area contributed by atoms with Crippen molar-refractivity contribution in [2.75, 3.05) is 20.2 Å². The van der Waals surface area contributed by atoms with Crippen molar-refractivity contribution in [2.24, 2.45) is 5.41 Å². The fourth-order valence-electron chi connectivity index (χ4n) is 4.15. The number of piperidine rings is 1. The zero-order chi connectivity index (χ0) is 14.9. The normalized spacial score (nSPS) is 29.0. The molecule has 0 radical (unpaired) electrons. The highest BCUT2D eigenvalue weighted by Gasteiger charge is 2.46. The van der Waals surface area contributed by atoms with E-state index >= 15 is 0 Å². The van der Waals surface area contributed by atoms with Gasteiger partial charge in [-0.15, -0.1) is 0 Å². The molecule has 1 spiro atoms. The fraction of sp³-hybridized carbons (Fsp3) is 0.611. The number of methoxy groups -OCH3 is 1. The largest absolute Gasteiger partial charge is 0.381 e. The van der Waals surface area contributed by atoms with Crippen molar-refractivity contribution < 1.29 is 9.53 Å². The average molecular weight is 287 g/mol. The van der Waals surface area contributed by atoms with Gasteiger partial charge in [0, 0.05) is 31.2 Å². The van der Waals surface area contributed by atoms with Gasteiger partial charge in [0.25, 0.3) is 5.91 Å². The van der Waals surface area contributed by atoms with E-state index in [9.17, 15) is 4.79 Å². The molecular weight excluding hydrogens is 262 g/mol. The Labute approximate surface area is 127 Å². The Morgan fingerprint density at radius 3 is 2.67 bits per heavy atom. The van der Waals surface area contributed by atoms with Crippen molar-refractivity contribution in [1.82, 2.24) is 4.90 Å². The van der Waals surface area contributed by atoms with Crippen LogP contribution in [0.4, 0.5) is 0 Å². The molecule has 2 aliphatic rings. The second-order valence-corrected chi connectivity index (χ2v) is 6.68. The number of benzene rings is 1. The van der Waals surface area contributed by atoms with E-state index < -0.39 is 0 Å². The number of carbonyl (C=O) groups is 1. The number of amides is 1. The summed E-state index contributed by atoms with van der Waals surface area (Å²) in [5, 5.41) is 0. The van der Waals surface area contributed by atoms with Gasteiger partial charge in [0.05, 0.1) is 6.10 Å². The van der Waals surface area contributed by atoms with Crippen LogP contribution >= 0.6 is 0 Å². The Kier molecular flexibility index (Phi) is 4.03. The molecule has 1 aliphatic carbocycles. The number of hydrogen-bond acceptors (Lipinski definition) is 2. The van der Waals surface area contributed by atoms with Gasteiger partial charge in [-0.2, -0.15) is 0 Å². The first kappa shape index (κ1) is 14.6. The van der Waals surface area contributed by atoms with Crippen molar-refractivity contribution in [3.8, 4) is 0 Å². The number of aryl methyl sites for hydroxylation is 1. The highest BCUT2D eigenvalue weighted by molar-refractivity contribution is 5.94. The average Bonchev–Trinajstić information content (AvgIpc) is 2.89. The Morgan fingerprint density at radius 2 is 1.95 bits per heavy atom. The summed E-state index contributed by atoms with van der Waals surface area (Å²) in [6.45, 7) is 3.79. The van der Waals surface area contributed by atoms with Gasteiger partial charge in [-0.25, -0.2) is 0 Å². The van der Waals surface area contributed by atoms with E-state index in [-0.39, 0.29) is 11.3 Å². The van der Waals surface area contributed by atoms with Crippen molar-refractivity contribution >= 4 is 5.91 Å². The molecule has 1 saturated carbocycles. The predicted octanol–water partition coefficient (Wildman–Crippen LogP) is 3.42. The summed E-state index contributed by atoms with van der Waals surface area (Å²) in [5.41, 5.74) is 2.20. The van der Waals surface area contributed by atoms with Crippen molar-refractivity contribution in [1.29, 1.82) is 0 Å². The summed E-state index contributed by atoms with van der Waals surface area (Å²) in [4.78, 5) is 14.8. The lowest BCUT2D eigenvalue weighted by Gasteiger charge is -2.43. The smallest absolute Gasteiger partial charge is 0.253 e. The van der Waals surface area contributed by atoms with E-state index in [1.54, 1.807) is 0 Å². The summed E-state index contributed by atoms with van der Waals surface area (Å²) in [7, 11) is 1.82. The van der Waals surface area contributed by atoms with E-state index in [1.165, 1.54) is 24.8 Å². The lowest BCUT2D eigenvalue weighted by molar-refractivity contribution is -0.0295. The van der Waals surface area contributed by atoms with Crippen LogP contribution in [0.3, 0.4) is 0 Å². The zero-order valence-electron chi connectivity index (χ0n) is 13.1. The molecule has 3 heteroatoms. The molecule has 0 N–H and O–H groups in total. The third kappa shape index (κ3) is 2.71. The Morgan fingerprint density at radius 1 is 1.24 bits per heavy atom. The molecule has 1 aromatic carbocycles. The summed E-state index contributed by atoms with van der Waals surface area (Å²) in [5.74, 6) is 0.177. The molecule has 1 saturated heterocycles. The Bertz CT molecular complexity index is 510. The minimum Gasteiger partial charge on any atom is -0.381 e. The molecule has 2 fully saturated rings. The molecule has 21 heavy (non-hydrogen) atoms. The lowest BCUT2D eigenvalue weighted by Crippen LogP contribution is -2.49. The fourth-order valence-corrected chi connectivity index (χ4v) is 4.15. The number of rotatable bonds is 2. The third-order valence-corrected chi connectivity index (χ3v) is 5.30. The number of carbonyl (C=O) groups excluding carboxylic acids is 1. The van der Waals surface area contributed by atoms with E-state index in [0.717, 1.165) is 31.5 Å². The van der Waals surface area contributed by atoms with Crippen molar-refractivity contribution in [3.05, 3.63) is 35.4 Å². The van der Waals surface area contributed by atoms with E-state index in [4.69, 9.17) is 4.74 Å². The first-order valence-electron chi connectivity index (χ1n) is 8.03. The molecule has 3 nitrogen and oxygen atoms in total. The minimum absolute atomic E-state index is 0.177. The van der Waals surface area contributed by atoms with Crippen LogP contribution in [0.5, 0.6) is 0 Å². The quantitative estimate of drug-likeness (QED) is 0.834. The summed E-state index contributed by atoms with van der Waals surface area (Å²) < 4.78 is 5.72. The molecule has 2 atom stereocenters. The van der Waals surface area contributed by atoms with E-state index in [1.807, 2.05) is 43.2 Å². The van der Waals surface area contributed by atoms with Gasteiger partial charge in [-0.1, -0.05) is 24.1 Å². The topological polar surface area (TPSA) is 29.5 Å². The molecule has 0 bridgehead atoms. The molecule has 0 aromatic heterocycles. The first-order valence-corrected chi connectivity index (χ1v) is 8.03. The SMILES string of the molecule is CO[C@@H]1CCC[C@@]12CCCN(C(=O)c1ccc(C)cc1)C2. The maximum absolute atomic E-state index is 12.7. The van der Waals surface area contributed by atoms with Crippen LogP contribution < -0.4 is 0 Å². The Hall–Kier alpha value is -1.35. The highest BCUT2D eigenvalue weighted by Crippen LogP contribution is 2.46. The Balaban J connectivity index is 1.77. The van der Waals surface area contributed by atoms with Crippen molar-refractivity contribution in [3.63, 3.8) is 0 Å². The van der Waals surface area contributed by atoms with Crippen LogP contribution in [0.2, 0.25) is 0 Å². The minimum atomic E-state index is 0.177. The second-order valence-electron chi connectivity index (χ2n) is 6.68. The van der Waals surface area contributed by atoms with Gasteiger partial charge < -0.3 is 9.64 Å². The van der Waals surface area contributed by atoms with Gasteiger partial charge in [0.2, 0.25) is 0 Å². The predicted molar refractivity (Wildman–Crippen MR) is 83.4 cm³/mol. The maximum Gasteiger partial charge on any atom is 0.253 e. The van der Waals surface area contributed by atoms with E-state index in [2.05, 4.69) is 0 Å². The standard InChI is InChI=1S/C18H25NO2/c1-14-6-8-15(9-7-14)17(20)19-12-4-11-18(13-19)10-3-5-16(18)21-2/h6-9,16H,3-5,10-13H2,1-2H3/t16-,18+/m1/s1. The van der Waals surface area contributed by atoms with Crippen LogP contribution in [-0.4, -0.2) is 37.1 Å². The molecule has 1 heterocycles. The second kappa shape index (κ2) is 5.80. The van der Waals surface area contributed by atoms with Gasteiger partial charge in [-0.05, 0) is 44.7 Å². The first-order chi connectivity index (χ1) is 10.1. The molecule has 1 aromatic rings. The maximum atomic E-state index is 12.7. The van der Waals surface area contributed by atoms with Crippen LogP contribution in [0.1, 0.15) is 48.0 Å². The summed E-state index contributed by atoms with van der Waals surface area (Å²) in [6, 6.07) is 7.92. The van der Waals surface area contributed by atoms with Crippen molar-refractivity contribution in [2.45, 2.75) is 45.1 Å². The summed E-state index contributed by atoms with van der Waals surface area (Å²) in [6.07, 6.45) is 6.18. The van der Waals surface area contributed by atoms with Gasteiger partial charge in [-0.3, -0.25) is 4.79 Å². The molecule has 0 unspecified atom stereocenters. The van der Waals surface area contributed by atoms with Crippen LogP contribution in [0.25, 0.3) is 0 Å². The lowest BCUT2D eigenvalue weighted by atomic mass is 9.76. The molecule has 3 rings (SSSR count). The number of likely N-dealkylation sites (tertiary alicyclic amines) is 1. The number of nitrogens with zero attached hydrogens (tertiary/aromatic N) is 1. The van der Waals surface area contributed by atoms with Gasteiger partial charge in [0.15, 0.2) is 0 Å². The molecule has 114 valence electrons. The molecular formula is C18H25NO2. The van der Waals surface area contributed by atoms with Crippen LogP contribution in [0.15, 0.2) is 24.3 Å². The molecule has 1 aliphatic heterocycles. The third-order valence-electron chi connectivity index (χ3n) is 5.30. The van der Waals surface area contributed by atoms with E-state index in [0.29, 0.717) is 6.10 Å². The van der Waals surface area contributed by atoms with Gasteiger partial charge in [0.1, 0.15) is 0 Å².